The summed E-state index contributed by atoms with van der Waals surface area (Å²) in [5.41, 5.74) is 7.58. The Balaban J connectivity index is 1.92. The molecule has 0 bridgehead atoms. The molecule has 2 rings (SSSR count). The van der Waals surface area contributed by atoms with E-state index in [9.17, 15) is 9.59 Å². The summed E-state index contributed by atoms with van der Waals surface area (Å²) in [4.78, 5) is 24.6. The molecule has 1 heterocycles. The molecule has 0 aliphatic carbocycles. The molecule has 1 aromatic rings. The highest BCUT2D eigenvalue weighted by Gasteiger charge is 2.22. The Labute approximate surface area is 122 Å². The third kappa shape index (κ3) is 3.52. The molecule has 0 aromatic heterocycles. The minimum Gasteiger partial charge on any atom is -0.480 e. The van der Waals surface area contributed by atoms with Crippen LogP contribution in [0.1, 0.15) is 12.0 Å². The highest BCUT2D eigenvalue weighted by molar-refractivity contribution is 8.00. The molecule has 1 atom stereocenters. The number of carboxylic acid groups (broad SMARTS) is 1. The van der Waals surface area contributed by atoms with Gasteiger partial charge in [0.2, 0.25) is 5.91 Å². The highest BCUT2D eigenvalue weighted by Crippen LogP contribution is 2.27. The maximum absolute atomic E-state index is 12.2. The van der Waals surface area contributed by atoms with E-state index in [0.29, 0.717) is 0 Å². The fraction of sp³-hybridized carbons (Fsp3) is 0.429. The number of nitrogens with zero attached hydrogens (tertiary/aromatic N) is 1. The van der Waals surface area contributed by atoms with E-state index in [-0.39, 0.29) is 17.4 Å². The summed E-state index contributed by atoms with van der Waals surface area (Å²) < 4.78 is 0. The van der Waals surface area contributed by atoms with Crippen molar-refractivity contribution in [1.29, 1.82) is 0 Å². The lowest BCUT2D eigenvalue weighted by molar-refractivity contribution is -0.137. The van der Waals surface area contributed by atoms with Gasteiger partial charge in [0, 0.05) is 18.0 Å². The smallest absolute Gasteiger partial charge is 0.321 e. The van der Waals surface area contributed by atoms with Crippen LogP contribution in [0.15, 0.2) is 24.3 Å². The molecule has 3 N–H and O–H groups in total. The highest BCUT2D eigenvalue weighted by atomic mass is 32.2. The molecule has 1 aliphatic heterocycles. The van der Waals surface area contributed by atoms with Crippen molar-refractivity contribution in [3.05, 3.63) is 29.8 Å². The number of fused-ring (bicyclic) bond motifs is 1. The molecular weight excluding hydrogens is 276 g/mol. The number of rotatable bonds is 5. The Bertz CT molecular complexity index is 507. The van der Waals surface area contributed by atoms with E-state index in [0.717, 1.165) is 25.1 Å². The van der Waals surface area contributed by atoms with Gasteiger partial charge in [0.05, 0.1) is 5.75 Å². The molecule has 1 unspecified atom stereocenters. The van der Waals surface area contributed by atoms with Crippen molar-refractivity contribution in [1.82, 2.24) is 0 Å². The van der Waals surface area contributed by atoms with Crippen LogP contribution in [0, 0.1) is 0 Å². The lowest BCUT2D eigenvalue weighted by Gasteiger charge is -2.29. The van der Waals surface area contributed by atoms with Gasteiger partial charge >= 0.3 is 5.97 Å². The number of carbonyl (C=O) groups is 2. The minimum atomic E-state index is -1.03. The summed E-state index contributed by atoms with van der Waals surface area (Å²) in [6.07, 6.45) is 1.96. The summed E-state index contributed by atoms with van der Waals surface area (Å²) in [5, 5.41) is 8.69. The van der Waals surface area contributed by atoms with Crippen molar-refractivity contribution in [2.75, 3.05) is 23.0 Å². The molecule has 0 saturated heterocycles. The molecule has 6 heteroatoms. The van der Waals surface area contributed by atoms with Crippen molar-refractivity contribution >= 4 is 29.3 Å². The fourth-order valence-corrected chi connectivity index (χ4v) is 3.06. The molecule has 5 nitrogen and oxygen atoms in total. The molecular formula is C14H18N2O3S. The third-order valence-corrected chi connectivity index (χ3v) is 4.30. The van der Waals surface area contributed by atoms with E-state index >= 15 is 0 Å². The van der Waals surface area contributed by atoms with E-state index in [1.54, 1.807) is 4.90 Å². The second kappa shape index (κ2) is 6.76. The van der Waals surface area contributed by atoms with E-state index in [2.05, 4.69) is 0 Å². The quantitative estimate of drug-likeness (QED) is 0.850. The Kier molecular flexibility index (Phi) is 5.03. The van der Waals surface area contributed by atoms with Gasteiger partial charge in [0.1, 0.15) is 6.04 Å². The number of thioether (sulfide) groups is 1. The average molecular weight is 294 g/mol. The molecule has 0 radical (unpaired) electrons. The Morgan fingerprint density at radius 2 is 2.15 bits per heavy atom. The second-order valence-electron chi connectivity index (χ2n) is 4.74. The zero-order valence-electron chi connectivity index (χ0n) is 11.1. The SMILES string of the molecule is NC(CSCC(=O)N1CCCc2ccccc21)C(=O)O. The number of anilines is 1. The van der Waals surface area contributed by atoms with Gasteiger partial charge in [-0.3, -0.25) is 9.59 Å². The summed E-state index contributed by atoms with van der Waals surface area (Å²) in [5.74, 6) is -0.515. The van der Waals surface area contributed by atoms with Crippen LogP contribution in [0.2, 0.25) is 0 Å². The van der Waals surface area contributed by atoms with E-state index in [4.69, 9.17) is 10.8 Å². The Morgan fingerprint density at radius 1 is 1.40 bits per heavy atom. The van der Waals surface area contributed by atoms with Crippen LogP contribution in [0.4, 0.5) is 5.69 Å². The van der Waals surface area contributed by atoms with Crippen LogP contribution in [0.25, 0.3) is 0 Å². The van der Waals surface area contributed by atoms with Gasteiger partial charge in [0.15, 0.2) is 0 Å². The predicted molar refractivity (Wildman–Crippen MR) is 80.1 cm³/mol. The molecule has 0 fully saturated rings. The van der Waals surface area contributed by atoms with Crippen molar-refractivity contribution in [2.24, 2.45) is 5.73 Å². The molecule has 1 aromatic carbocycles. The molecule has 0 spiro atoms. The number of aliphatic carboxylic acids is 1. The van der Waals surface area contributed by atoms with Crippen LogP contribution in [0.3, 0.4) is 0 Å². The van der Waals surface area contributed by atoms with E-state index < -0.39 is 12.0 Å². The van der Waals surface area contributed by atoms with Crippen LogP contribution in [-0.2, 0) is 16.0 Å². The zero-order chi connectivity index (χ0) is 14.5. The van der Waals surface area contributed by atoms with Crippen molar-refractivity contribution in [3.8, 4) is 0 Å². The largest absolute Gasteiger partial charge is 0.480 e. The van der Waals surface area contributed by atoms with Gasteiger partial charge in [-0.1, -0.05) is 18.2 Å². The number of carboxylic acids is 1. The van der Waals surface area contributed by atoms with Gasteiger partial charge in [-0.15, -0.1) is 11.8 Å². The molecule has 20 heavy (non-hydrogen) atoms. The van der Waals surface area contributed by atoms with E-state index in [1.165, 1.54) is 17.3 Å². The lowest BCUT2D eigenvalue weighted by atomic mass is 10.0. The van der Waals surface area contributed by atoms with Crippen LogP contribution in [-0.4, -0.2) is 41.1 Å². The van der Waals surface area contributed by atoms with Crippen molar-refractivity contribution < 1.29 is 14.7 Å². The standard InChI is InChI=1S/C14H18N2O3S/c15-11(14(18)19)8-20-9-13(17)16-7-3-5-10-4-1-2-6-12(10)16/h1-2,4,6,11H,3,5,7-9,15H2,(H,18,19). The number of hydrogen-bond acceptors (Lipinski definition) is 4. The molecule has 0 saturated carbocycles. The van der Waals surface area contributed by atoms with Crippen LogP contribution >= 0.6 is 11.8 Å². The lowest BCUT2D eigenvalue weighted by Crippen LogP contribution is -2.37. The average Bonchev–Trinajstić information content (AvgIpc) is 2.46. The molecule has 108 valence electrons. The van der Waals surface area contributed by atoms with Gasteiger partial charge in [-0.05, 0) is 24.5 Å². The first kappa shape index (κ1) is 14.9. The summed E-state index contributed by atoms with van der Waals surface area (Å²) in [7, 11) is 0. The van der Waals surface area contributed by atoms with Crippen LogP contribution in [0.5, 0.6) is 0 Å². The second-order valence-corrected chi connectivity index (χ2v) is 5.77. The number of carbonyl (C=O) groups excluding carboxylic acids is 1. The number of amides is 1. The van der Waals surface area contributed by atoms with Gasteiger partial charge in [0.25, 0.3) is 0 Å². The zero-order valence-corrected chi connectivity index (χ0v) is 11.9. The normalized spacial score (nSPS) is 15.6. The van der Waals surface area contributed by atoms with Crippen LogP contribution < -0.4 is 10.6 Å². The monoisotopic (exact) mass is 294 g/mol. The topological polar surface area (TPSA) is 83.6 Å². The summed E-state index contributed by atoms with van der Waals surface area (Å²) in [6.45, 7) is 0.724. The predicted octanol–water partition coefficient (Wildman–Crippen LogP) is 1.11. The number of benzene rings is 1. The summed E-state index contributed by atoms with van der Waals surface area (Å²) >= 11 is 1.27. The van der Waals surface area contributed by atoms with Crippen molar-refractivity contribution in [2.45, 2.75) is 18.9 Å². The molecule has 1 amide bonds. The van der Waals surface area contributed by atoms with Gasteiger partial charge in [-0.25, -0.2) is 0 Å². The minimum absolute atomic E-state index is 0.0136. The first-order chi connectivity index (χ1) is 9.59. The number of nitrogens with two attached hydrogens (primary N) is 1. The Morgan fingerprint density at radius 3 is 2.90 bits per heavy atom. The first-order valence-electron chi connectivity index (χ1n) is 6.54. The molecule has 1 aliphatic rings. The van der Waals surface area contributed by atoms with Gasteiger partial charge in [-0.2, -0.15) is 0 Å². The number of para-hydroxylation sites is 1. The summed E-state index contributed by atoms with van der Waals surface area (Å²) in [6, 6.07) is 7.00. The third-order valence-electron chi connectivity index (χ3n) is 3.25. The number of hydrogen-bond donors (Lipinski definition) is 2. The van der Waals surface area contributed by atoms with E-state index in [1.807, 2.05) is 24.3 Å². The fourth-order valence-electron chi connectivity index (χ4n) is 2.22. The Hall–Kier alpha value is -1.53. The first-order valence-corrected chi connectivity index (χ1v) is 7.69. The maximum Gasteiger partial charge on any atom is 0.321 e. The van der Waals surface area contributed by atoms with Gasteiger partial charge < -0.3 is 15.7 Å². The maximum atomic E-state index is 12.2. The van der Waals surface area contributed by atoms with Crippen molar-refractivity contribution in [3.63, 3.8) is 0 Å². The number of aryl methyl sites for hydroxylation is 1.